The van der Waals surface area contributed by atoms with Gasteiger partial charge in [0, 0.05) is 13.6 Å². The van der Waals surface area contributed by atoms with Crippen LogP contribution in [0.5, 0.6) is 5.75 Å². The van der Waals surface area contributed by atoms with E-state index in [0.29, 0.717) is 0 Å². The SMILES string of the molecule is COc1ccc(CN(C)S(=O)(=O)c2cnc(Cl)s2)cc1. The molecule has 2 rings (SSSR count). The number of hydrogen-bond acceptors (Lipinski definition) is 5. The van der Waals surface area contributed by atoms with Crippen LogP contribution in [0.25, 0.3) is 0 Å². The predicted octanol–water partition coefficient (Wildman–Crippen LogP) is 2.63. The molecule has 2 aromatic rings. The van der Waals surface area contributed by atoms with E-state index in [0.717, 1.165) is 22.6 Å². The molecule has 0 aliphatic carbocycles. The quantitative estimate of drug-likeness (QED) is 0.844. The van der Waals surface area contributed by atoms with Gasteiger partial charge in [-0.1, -0.05) is 35.1 Å². The molecule has 20 heavy (non-hydrogen) atoms. The first-order valence-corrected chi connectivity index (χ1v) is 8.27. The van der Waals surface area contributed by atoms with E-state index in [2.05, 4.69) is 4.98 Å². The van der Waals surface area contributed by atoms with Gasteiger partial charge in [0.05, 0.1) is 13.3 Å². The number of rotatable bonds is 5. The lowest BCUT2D eigenvalue weighted by atomic mass is 10.2. The standard InChI is InChI=1S/C12H13ClN2O3S2/c1-15(8-9-3-5-10(18-2)6-4-9)20(16,17)11-7-14-12(13)19-11/h3-7H,8H2,1-2H3. The minimum atomic E-state index is -3.56. The molecular formula is C12H13ClN2O3S2. The summed E-state index contributed by atoms with van der Waals surface area (Å²) in [6, 6.07) is 7.23. The van der Waals surface area contributed by atoms with Gasteiger partial charge >= 0.3 is 0 Å². The molecule has 1 aromatic heterocycles. The molecule has 1 aromatic carbocycles. The fraction of sp³-hybridized carbons (Fsp3) is 0.250. The maximum atomic E-state index is 12.3. The fourth-order valence-electron chi connectivity index (χ4n) is 1.59. The van der Waals surface area contributed by atoms with Crippen LogP contribution in [0.2, 0.25) is 4.47 Å². The molecule has 0 fully saturated rings. The number of benzene rings is 1. The Hall–Kier alpha value is -1.15. The van der Waals surface area contributed by atoms with Crippen molar-refractivity contribution in [3.05, 3.63) is 40.5 Å². The third-order valence-electron chi connectivity index (χ3n) is 2.69. The van der Waals surface area contributed by atoms with Crippen LogP contribution in [0.1, 0.15) is 5.56 Å². The van der Waals surface area contributed by atoms with Gasteiger partial charge in [-0.15, -0.1) is 0 Å². The van der Waals surface area contributed by atoms with Gasteiger partial charge in [-0.05, 0) is 17.7 Å². The van der Waals surface area contributed by atoms with Crippen LogP contribution in [0.4, 0.5) is 0 Å². The number of aromatic nitrogens is 1. The lowest BCUT2D eigenvalue weighted by molar-refractivity contribution is 0.414. The van der Waals surface area contributed by atoms with E-state index in [1.54, 1.807) is 19.2 Å². The summed E-state index contributed by atoms with van der Waals surface area (Å²) < 4.78 is 31.2. The van der Waals surface area contributed by atoms with Crippen LogP contribution in [-0.4, -0.2) is 31.9 Å². The van der Waals surface area contributed by atoms with E-state index in [4.69, 9.17) is 16.3 Å². The molecule has 0 spiro atoms. The second kappa shape index (κ2) is 6.09. The second-order valence-electron chi connectivity index (χ2n) is 4.04. The Morgan fingerprint density at radius 3 is 2.50 bits per heavy atom. The van der Waals surface area contributed by atoms with Gasteiger partial charge in [-0.25, -0.2) is 13.4 Å². The van der Waals surface area contributed by atoms with Crippen LogP contribution in [0, 0.1) is 0 Å². The summed E-state index contributed by atoms with van der Waals surface area (Å²) in [6.07, 6.45) is 1.27. The van der Waals surface area contributed by atoms with Crippen LogP contribution in [0.15, 0.2) is 34.7 Å². The van der Waals surface area contributed by atoms with Gasteiger partial charge in [0.2, 0.25) is 0 Å². The van der Waals surface area contributed by atoms with E-state index in [-0.39, 0.29) is 15.2 Å². The van der Waals surface area contributed by atoms with Gasteiger partial charge in [0.15, 0.2) is 8.68 Å². The van der Waals surface area contributed by atoms with Gasteiger partial charge in [0.25, 0.3) is 10.0 Å². The highest BCUT2D eigenvalue weighted by Gasteiger charge is 2.23. The van der Waals surface area contributed by atoms with E-state index < -0.39 is 10.0 Å². The zero-order chi connectivity index (χ0) is 14.8. The van der Waals surface area contributed by atoms with Crippen molar-refractivity contribution in [3.8, 4) is 5.75 Å². The zero-order valence-corrected chi connectivity index (χ0v) is 13.3. The normalized spacial score (nSPS) is 11.8. The van der Waals surface area contributed by atoms with Crippen molar-refractivity contribution in [2.24, 2.45) is 0 Å². The average molecular weight is 333 g/mol. The molecule has 0 unspecified atom stereocenters. The summed E-state index contributed by atoms with van der Waals surface area (Å²) in [5.41, 5.74) is 0.868. The van der Waals surface area contributed by atoms with E-state index in [1.807, 2.05) is 12.1 Å². The molecule has 0 saturated carbocycles. The fourth-order valence-corrected chi connectivity index (χ4v) is 4.25. The van der Waals surface area contributed by atoms with Crippen molar-refractivity contribution in [3.63, 3.8) is 0 Å². The topological polar surface area (TPSA) is 59.5 Å². The Morgan fingerprint density at radius 2 is 2.00 bits per heavy atom. The first-order valence-electron chi connectivity index (χ1n) is 5.64. The summed E-state index contributed by atoms with van der Waals surface area (Å²) in [5, 5.41) is 0. The predicted molar refractivity (Wildman–Crippen MR) is 78.8 cm³/mol. The van der Waals surface area contributed by atoms with Crippen molar-refractivity contribution in [1.82, 2.24) is 9.29 Å². The van der Waals surface area contributed by atoms with Crippen LogP contribution >= 0.6 is 22.9 Å². The van der Waals surface area contributed by atoms with Crippen molar-refractivity contribution in [2.75, 3.05) is 14.2 Å². The summed E-state index contributed by atoms with van der Waals surface area (Å²) >= 11 is 6.62. The number of halogens is 1. The van der Waals surface area contributed by atoms with Gasteiger partial charge in [0.1, 0.15) is 5.75 Å². The largest absolute Gasteiger partial charge is 0.497 e. The Bertz CT molecular complexity index is 683. The van der Waals surface area contributed by atoms with Gasteiger partial charge in [-0.3, -0.25) is 0 Å². The number of thiazole rings is 1. The van der Waals surface area contributed by atoms with Crippen LogP contribution < -0.4 is 4.74 Å². The summed E-state index contributed by atoms with van der Waals surface area (Å²) in [5.74, 6) is 0.730. The molecule has 0 N–H and O–H groups in total. The highest BCUT2D eigenvalue weighted by Crippen LogP contribution is 2.25. The van der Waals surface area contributed by atoms with Crippen molar-refractivity contribution in [2.45, 2.75) is 10.8 Å². The third-order valence-corrected chi connectivity index (χ3v) is 6.04. The molecule has 108 valence electrons. The maximum Gasteiger partial charge on any atom is 0.254 e. The highest BCUT2D eigenvalue weighted by molar-refractivity contribution is 7.91. The van der Waals surface area contributed by atoms with Crippen LogP contribution in [-0.2, 0) is 16.6 Å². The minimum Gasteiger partial charge on any atom is -0.497 e. The summed E-state index contributed by atoms with van der Waals surface area (Å²) in [6.45, 7) is 0.266. The molecule has 0 aliphatic rings. The molecule has 0 aliphatic heterocycles. The molecule has 0 atom stereocenters. The Kier molecular flexibility index (Phi) is 4.64. The first kappa shape index (κ1) is 15.2. The van der Waals surface area contributed by atoms with Crippen LogP contribution in [0.3, 0.4) is 0 Å². The molecule has 8 heteroatoms. The summed E-state index contributed by atoms with van der Waals surface area (Å²) in [7, 11) is -0.455. The molecule has 0 amide bonds. The number of nitrogens with zero attached hydrogens (tertiary/aromatic N) is 2. The van der Waals surface area contributed by atoms with Gasteiger partial charge in [-0.2, -0.15) is 4.31 Å². The molecule has 1 heterocycles. The lowest BCUT2D eigenvalue weighted by Gasteiger charge is -2.15. The third kappa shape index (κ3) is 3.29. The van der Waals surface area contributed by atoms with Crippen molar-refractivity contribution < 1.29 is 13.2 Å². The average Bonchev–Trinajstić information content (AvgIpc) is 2.87. The van der Waals surface area contributed by atoms with Gasteiger partial charge < -0.3 is 4.74 Å². The first-order chi connectivity index (χ1) is 9.43. The number of sulfonamides is 1. The second-order valence-corrected chi connectivity index (χ2v) is 7.93. The van der Waals surface area contributed by atoms with E-state index >= 15 is 0 Å². The van der Waals surface area contributed by atoms with Crippen molar-refractivity contribution in [1.29, 1.82) is 0 Å². The number of ether oxygens (including phenoxy) is 1. The molecule has 0 radical (unpaired) electrons. The minimum absolute atomic E-state index is 0.138. The molecule has 5 nitrogen and oxygen atoms in total. The Morgan fingerprint density at radius 1 is 1.35 bits per heavy atom. The van der Waals surface area contributed by atoms with Crippen molar-refractivity contribution >= 4 is 33.0 Å². The van der Waals surface area contributed by atoms with E-state index in [1.165, 1.54) is 17.5 Å². The molecule has 0 bridgehead atoms. The molecular weight excluding hydrogens is 320 g/mol. The number of methoxy groups -OCH3 is 1. The maximum absolute atomic E-state index is 12.3. The smallest absolute Gasteiger partial charge is 0.254 e. The zero-order valence-electron chi connectivity index (χ0n) is 10.9. The number of hydrogen-bond donors (Lipinski definition) is 0. The molecule has 0 saturated heterocycles. The highest BCUT2D eigenvalue weighted by atomic mass is 35.5. The summed E-state index contributed by atoms with van der Waals surface area (Å²) in [4.78, 5) is 3.76. The van der Waals surface area contributed by atoms with E-state index in [9.17, 15) is 8.42 Å². The Balaban J connectivity index is 2.16. The Labute approximate surface area is 126 Å². The monoisotopic (exact) mass is 332 g/mol. The lowest BCUT2D eigenvalue weighted by Crippen LogP contribution is -2.25.